The topological polar surface area (TPSA) is 46.5 Å². The van der Waals surface area contributed by atoms with Crippen LogP contribution in [0.15, 0.2) is 12.2 Å². The van der Waals surface area contributed by atoms with E-state index in [0.29, 0.717) is 12.3 Å². The highest BCUT2D eigenvalue weighted by Crippen LogP contribution is 2.45. The van der Waals surface area contributed by atoms with E-state index in [2.05, 4.69) is 12.2 Å². The first-order valence-electron chi connectivity index (χ1n) is 6.41. The monoisotopic (exact) mass is 238 g/mol. The number of hydrogen-bond donors (Lipinski definition) is 1. The molecule has 1 N–H and O–H groups in total. The fourth-order valence-electron chi connectivity index (χ4n) is 2.93. The summed E-state index contributed by atoms with van der Waals surface area (Å²) in [5.74, 6) is 0.272. The molecule has 17 heavy (non-hydrogen) atoms. The highest BCUT2D eigenvalue weighted by molar-refractivity contribution is 5.71. The molecular formula is C14H22O3. The van der Waals surface area contributed by atoms with E-state index in [0.717, 1.165) is 12.8 Å². The van der Waals surface area contributed by atoms with Crippen molar-refractivity contribution >= 4 is 5.97 Å². The molecule has 0 heterocycles. The summed E-state index contributed by atoms with van der Waals surface area (Å²) < 4.78 is 5.29. The van der Waals surface area contributed by atoms with Gasteiger partial charge in [0.25, 0.3) is 0 Å². The molecule has 3 atom stereocenters. The van der Waals surface area contributed by atoms with Gasteiger partial charge in [0.2, 0.25) is 0 Å². The number of carbonyl (C=O) groups excluding carboxylic acids is 1. The third kappa shape index (κ3) is 2.89. The van der Waals surface area contributed by atoms with Gasteiger partial charge < -0.3 is 9.84 Å². The molecular weight excluding hydrogens is 216 g/mol. The molecule has 3 heteroatoms. The second-order valence-electron chi connectivity index (χ2n) is 6.40. The molecule has 0 radical (unpaired) electrons. The molecule has 0 aromatic heterocycles. The first kappa shape index (κ1) is 12.6. The van der Waals surface area contributed by atoms with E-state index >= 15 is 0 Å². The first-order chi connectivity index (χ1) is 7.78. The van der Waals surface area contributed by atoms with Crippen LogP contribution in [-0.4, -0.2) is 22.3 Å². The van der Waals surface area contributed by atoms with Gasteiger partial charge in [0, 0.05) is 5.92 Å². The average molecular weight is 238 g/mol. The number of hydrogen-bond acceptors (Lipinski definition) is 3. The van der Waals surface area contributed by atoms with E-state index in [-0.39, 0.29) is 18.3 Å². The predicted octanol–water partition coefficient (Wildman–Crippen LogP) is 2.44. The van der Waals surface area contributed by atoms with Gasteiger partial charge in [0.1, 0.15) is 5.60 Å². The van der Waals surface area contributed by atoms with Crippen molar-refractivity contribution in [3.8, 4) is 0 Å². The zero-order chi connectivity index (χ0) is 12.7. The van der Waals surface area contributed by atoms with Gasteiger partial charge in [-0.2, -0.15) is 0 Å². The average Bonchev–Trinajstić information content (AvgIpc) is 2.14. The SMILES string of the molecule is CC(C)(C)OC(=O)C[C@]1(O)C[C@@H]2C=C[C@H]1CC2. The van der Waals surface area contributed by atoms with Gasteiger partial charge in [0.05, 0.1) is 12.0 Å². The van der Waals surface area contributed by atoms with Gasteiger partial charge in [-0.3, -0.25) is 4.79 Å². The van der Waals surface area contributed by atoms with Crippen LogP contribution in [0.4, 0.5) is 0 Å². The maximum atomic E-state index is 11.8. The number of allylic oxidation sites excluding steroid dienone is 1. The standard InChI is InChI=1S/C14H22O3/c1-13(2,3)17-12(15)9-14(16)8-10-4-6-11(14)7-5-10/h4,6,10-11,16H,5,7-9H2,1-3H3/t10-,11+,14-/m1/s1. The third-order valence-electron chi connectivity index (χ3n) is 3.64. The van der Waals surface area contributed by atoms with Crippen molar-refractivity contribution in [3.05, 3.63) is 12.2 Å². The highest BCUT2D eigenvalue weighted by atomic mass is 16.6. The Kier molecular flexibility index (Phi) is 3.06. The molecule has 0 saturated heterocycles. The lowest BCUT2D eigenvalue weighted by Crippen LogP contribution is -2.47. The van der Waals surface area contributed by atoms with E-state index in [1.807, 2.05) is 20.8 Å². The van der Waals surface area contributed by atoms with E-state index in [1.165, 1.54) is 0 Å². The summed E-state index contributed by atoms with van der Waals surface area (Å²) in [5, 5.41) is 10.6. The Hall–Kier alpha value is -0.830. The number of rotatable bonds is 2. The molecule has 0 aliphatic heterocycles. The normalized spacial score (nSPS) is 36.0. The molecule has 3 rings (SSSR count). The molecule has 1 saturated carbocycles. The summed E-state index contributed by atoms with van der Waals surface area (Å²) in [6.07, 6.45) is 7.20. The van der Waals surface area contributed by atoms with Gasteiger partial charge in [-0.1, -0.05) is 12.2 Å². The summed E-state index contributed by atoms with van der Waals surface area (Å²) in [4.78, 5) is 11.8. The van der Waals surface area contributed by atoms with Crippen molar-refractivity contribution in [1.29, 1.82) is 0 Å². The van der Waals surface area contributed by atoms with Crippen LogP contribution >= 0.6 is 0 Å². The van der Waals surface area contributed by atoms with Gasteiger partial charge in [-0.15, -0.1) is 0 Å². The zero-order valence-corrected chi connectivity index (χ0v) is 10.9. The molecule has 1 fully saturated rings. The number of esters is 1. The maximum Gasteiger partial charge on any atom is 0.309 e. The Bertz CT molecular complexity index is 340. The van der Waals surface area contributed by atoms with Gasteiger partial charge >= 0.3 is 5.97 Å². The van der Waals surface area contributed by atoms with Gasteiger partial charge in [-0.25, -0.2) is 0 Å². The second-order valence-corrected chi connectivity index (χ2v) is 6.40. The summed E-state index contributed by atoms with van der Waals surface area (Å²) in [6, 6.07) is 0. The van der Waals surface area contributed by atoms with Crippen molar-refractivity contribution in [2.75, 3.05) is 0 Å². The van der Waals surface area contributed by atoms with E-state index < -0.39 is 11.2 Å². The summed E-state index contributed by atoms with van der Waals surface area (Å²) in [6.45, 7) is 5.55. The lowest BCUT2D eigenvalue weighted by Gasteiger charge is -2.44. The molecule has 96 valence electrons. The van der Waals surface area contributed by atoms with Crippen LogP contribution in [0.5, 0.6) is 0 Å². The quantitative estimate of drug-likeness (QED) is 0.593. The lowest BCUT2D eigenvalue weighted by molar-refractivity contribution is -0.164. The maximum absolute atomic E-state index is 11.8. The van der Waals surface area contributed by atoms with Crippen molar-refractivity contribution in [2.24, 2.45) is 11.8 Å². The smallest absolute Gasteiger partial charge is 0.309 e. The van der Waals surface area contributed by atoms with Crippen molar-refractivity contribution in [3.63, 3.8) is 0 Å². The molecule has 2 bridgehead atoms. The number of ether oxygens (including phenoxy) is 1. The largest absolute Gasteiger partial charge is 0.460 e. The van der Waals surface area contributed by atoms with Crippen LogP contribution in [0.25, 0.3) is 0 Å². The Labute approximate surface area is 103 Å². The highest BCUT2D eigenvalue weighted by Gasteiger charge is 2.45. The van der Waals surface area contributed by atoms with Crippen LogP contribution < -0.4 is 0 Å². The molecule has 0 spiro atoms. The van der Waals surface area contributed by atoms with Crippen molar-refractivity contribution in [2.45, 2.75) is 57.7 Å². The van der Waals surface area contributed by atoms with Crippen LogP contribution in [0, 0.1) is 11.8 Å². The summed E-state index contributed by atoms with van der Waals surface area (Å²) >= 11 is 0. The van der Waals surface area contributed by atoms with E-state index in [9.17, 15) is 9.90 Å². The van der Waals surface area contributed by atoms with Gasteiger partial charge in [-0.05, 0) is 46.0 Å². The molecule has 0 aromatic rings. The molecule has 0 unspecified atom stereocenters. The molecule has 3 aliphatic rings. The minimum Gasteiger partial charge on any atom is -0.460 e. The zero-order valence-electron chi connectivity index (χ0n) is 10.9. The van der Waals surface area contributed by atoms with Crippen LogP contribution in [0.1, 0.15) is 46.5 Å². The lowest BCUT2D eigenvalue weighted by atomic mass is 9.65. The van der Waals surface area contributed by atoms with Crippen molar-refractivity contribution < 1.29 is 14.6 Å². The molecule has 0 amide bonds. The Morgan fingerprint density at radius 1 is 1.41 bits per heavy atom. The number of aliphatic hydroxyl groups is 1. The minimum atomic E-state index is -0.875. The molecule has 0 aromatic carbocycles. The molecule has 3 nitrogen and oxygen atoms in total. The molecule has 3 aliphatic carbocycles. The third-order valence-corrected chi connectivity index (χ3v) is 3.64. The Morgan fingerprint density at radius 3 is 2.53 bits per heavy atom. The van der Waals surface area contributed by atoms with E-state index in [1.54, 1.807) is 0 Å². The summed E-state index contributed by atoms with van der Waals surface area (Å²) in [5.41, 5.74) is -1.35. The first-order valence-corrected chi connectivity index (χ1v) is 6.41. The fraction of sp³-hybridized carbons (Fsp3) is 0.786. The Balaban J connectivity index is 1.99. The Morgan fingerprint density at radius 2 is 2.12 bits per heavy atom. The van der Waals surface area contributed by atoms with Gasteiger partial charge in [0.15, 0.2) is 0 Å². The number of fused-ring (bicyclic) bond motifs is 2. The van der Waals surface area contributed by atoms with Crippen LogP contribution in [0.3, 0.4) is 0 Å². The predicted molar refractivity (Wildman–Crippen MR) is 65.4 cm³/mol. The fourth-order valence-corrected chi connectivity index (χ4v) is 2.93. The minimum absolute atomic E-state index is 0.121. The summed E-state index contributed by atoms with van der Waals surface area (Å²) in [7, 11) is 0. The second kappa shape index (κ2) is 4.13. The number of carbonyl (C=O) groups is 1. The van der Waals surface area contributed by atoms with Crippen molar-refractivity contribution in [1.82, 2.24) is 0 Å². The van der Waals surface area contributed by atoms with E-state index in [4.69, 9.17) is 4.74 Å². The van der Waals surface area contributed by atoms with Crippen LogP contribution in [-0.2, 0) is 9.53 Å². The van der Waals surface area contributed by atoms with Crippen LogP contribution in [0.2, 0.25) is 0 Å².